The van der Waals surface area contributed by atoms with E-state index in [1.807, 2.05) is 0 Å². The van der Waals surface area contributed by atoms with Crippen molar-refractivity contribution < 1.29 is 9.47 Å². The largest absolute Gasteiger partial charge is 0.465 e. The highest BCUT2D eigenvalue weighted by Gasteiger charge is 2.27. The molecule has 0 aromatic heterocycles. The van der Waals surface area contributed by atoms with Crippen molar-refractivity contribution in [1.29, 1.82) is 0 Å². The van der Waals surface area contributed by atoms with Crippen molar-refractivity contribution in [3.63, 3.8) is 0 Å². The molecule has 2 nitrogen and oxygen atoms in total. The molecule has 0 radical (unpaired) electrons. The third kappa shape index (κ3) is 3.91. The second-order valence-corrected chi connectivity index (χ2v) is 7.96. The molecule has 3 rings (SSSR count). The van der Waals surface area contributed by atoms with Gasteiger partial charge >= 0.3 is 0 Å². The van der Waals surface area contributed by atoms with Gasteiger partial charge in [-0.3, -0.25) is 0 Å². The average molecular weight is 316 g/mol. The van der Waals surface area contributed by atoms with Gasteiger partial charge in [0.2, 0.25) is 6.29 Å². The molecule has 3 atom stereocenters. The fourth-order valence-corrected chi connectivity index (χ4v) is 3.95. The molecule has 2 heteroatoms. The molecule has 2 aliphatic rings. The minimum Gasteiger partial charge on any atom is -0.465 e. The van der Waals surface area contributed by atoms with Gasteiger partial charge in [-0.1, -0.05) is 53.0 Å². The summed E-state index contributed by atoms with van der Waals surface area (Å²) in [5.41, 5.74) is 2.96. The Hall–Kier alpha value is -1.02. The SMILES string of the molecule is CC(C)C(Oc1ccc2c(c1)CC(C)C2C)OC1CCCCC1. The third-order valence-electron chi connectivity index (χ3n) is 5.68. The summed E-state index contributed by atoms with van der Waals surface area (Å²) in [5.74, 6) is 2.74. The van der Waals surface area contributed by atoms with Crippen LogP contribution in [0.25, 0.3) is 0 Å². The Labute approximate surface area is 141 Å². The Morgan fingerprint density at radius 2 is 1.78 bits per heavy atom. The molecular formula is C21H32O2. The summed E-state index contributed by atoms with van der Waals surface area (Å²) < 4.78 is 12.5. The second kappa shape index (κ2) is 7.25. The lowest BCUT2D eigenvalue weighted by Gasteiger charge is -2.30. The fraction of sp³-hybridized carbons (Fsp3) is 0.714. The zero-order valence-electron chi connectivity index (χ0n) is 15.2. The highest BCUT2D eigenvalue weighted by molar-refractivity contribution is 5.41. The van der Waals surface area contributed by atoms with E-state index in [1.54, 1.807) is 0 Å². The van der Waals surface area contributed by atoms with Crippen molar-refractivity contribution in [2.45, 2.75) is 84.5 Å². The molecule has 0 amide bonds. The van der Waals surface area contributed by atoms with E-state index in [-0.39, 0.29) is 6.29 Å². The van der Waals surface area contributed by atoms with Crippen LogP contribution in [-0.2, 0) is 11.2 Å². The van der Waals surface area contributed by atoms with Crippen LogP contribution in [0.3, 0.4) is 0 Å². The van der Waals surface area contributed by atoms with Gasteiger partial charge in [-0.05, 0) is 54.4 Å². The van der Waals surface area contributed by atoms with E-state index in [1.165, 1.54) is 49.7 Å². The van der Waals surface area contributed by atoms with Crippen molar-refractivity contribution in [3.8, 4) is 5.75 Å². The molecule has 2 aliphatic carbocycles. The van der Waals surface area contributed by atoms with E-state index in [9.17, 15) is 0 Å². The molecule has 23 heavy (non-hydrogen) atoms. The Bertz CT molecular complexity index is 517. The van der Waals surface area contributed by atoms with Gasteiger partial charge in [0.25, 0.3) is 0 Å². The molecule has 0 saturated heterocycles. The molecule has 0 heterocycles. The topological polar surface area (TPSA) is 18.5 Å². The first-order valence-electron chi connectivity index (χ1n) is 9.49. The number of ether oxygens (including phenoxy) is 2. The highest BCUT2D eigenvalue weighted by atomic mass is 16.7. The summed E-state index contributed by atoms with van der Waals surface area (Å²) in [6.45, 7) is 9.05. The number of hydrogen-bond acceptors (Lipinski definition) is 2. The quantitative estimate of drug-likeness (QED) is 0.649. The van der Waals surface area contributed by atoms with Gasteiger partial charge in [-0.15, -0.1) is 0 Å². The van der Waals surface area contributed by atoms with Gasteiger partial charge in [0.1, 0.15) is 5.75 Å². The molecule has 1 aromatic carbocycles. The molecule has 1 saturated carbocycles. The molecular weight excluding hydrogens is 284 g/mol. The molecule has 0 bridgehead atoms. The minimum atomic E-state index is -0.132. The van der Waals surface area contributed by atoms with Crippen molar-refractivity contribution in [3.05, 3.63) is 29.3 Å². The molecule has 1 aromatic rings. The molecule has 0 N–H and O–H groups in total. The number of rotatable bonds is 5. The monoisotopic (exact) mass is 316 g/mol. The van der Waals surface area contributed by atoms with Crippen LogP contribution in [0.1, 0.15) is 76.8 Å². The standard InChI is InChI=1S/C21H32O2/c1-14(2)21(22-18-8-6-5-7-9-18)23-19-10-11-20-16(4)15(3)12-17(20)13-19/h10-11,13-16,18,21H,5-9,12H2,1-4H3. The van der Waals surface area contributed by atoms with Crippen LogP contribution in [0.2, 0.25) is 0 Å². The fourth-order valence-electron chi connectivity index (χ4n) is 3.95. The van der Waals surface area contributed by atoms with Gasteiger partial charge in [0, 0.05) is 5.92 Å². The van der Waals surface area contributed by atoms with Crippen molar-refractivity contribution >= 4 is 0 Å². The summed E-state index contributed by atoms with van der Waals surface area (Å²) in [4.78, 5) is 0. The van der Waals surface area contributed by atoms with Crippen LogP contribution >= 0.6 is 0 Å². The Balaban J connectivity index is 1.67. The van der Waals surface area contributed by atoms with Crippen LogP contribution in [0.4, 0.5) is 0 Å². The first-order chi connectivity index (χ1) is 11.0. The van der Waals surface area contributed by atoms with E-state index < -0.39 is 0 Å². The van der Waals surface area contributed by atoms with Crippen molar-refractivity contribution in [1.82, 2.24) is 0 Å². The summed E-state index contributed by atoms with van der Waals surface area (Å²) in [5, 5.41) is 0. The molecule has 0 aliphatic heterocycles. The molecule has 1 fully saturated rings. The Kier molecular flexibility index (Phi) is 5.31. The van der Waals surface area contributed by atoms with Gasteiger partial charge in [0.15, 0.2) is 0 Å². The number of fused-ring (bicyclic) bond motifs is 1. The van der Waals surface area contributed by atoms with E-state index >= 15 is 0 Å². The maximum absolute atomic E-state index is 6.30. The van der Waals surface area contributed by atoms with Gasteiger partial charge in [-0.2, -0.15) is 0 Å². The Morgan fingerprint density at radius 1 is 1.04 bits per heavy atom. The predicted molar refractivity (Wildman–Crippen MR) is 94.9 cm³/mol. The summed E-state index contributed by atoms with van der Waals surface area (Å²) in [6.07, 6.45) is 7.74. The van der Waals surface area contributed by atoms with E-state index in [2.05, 4.69) is 45.9 Å². The first-order valence-corrected chi connectivity index (χ1v) is 9.49. The zero-order valence-corrected chi connectivity index (χ0v) is 15.2. The maximum atomic E-state index is 6.30. The van der Waals surface area contributed by atoms with Crippen LogP contribution in [0, 0.1) is 11.8 Å². The average Bonchev–Trinajstić information content (AvgIpc) is 2.82. The maximum Gasteiger partial charge on any atom is 0.202 e. The lowest BCUT2D eigenvalue weighted by atomic mass is 9.97. The van der Waals surface area contributed by atoms with E-state index in [0.717, 1.165) is 11.7 Å². The van der Waals surface area contributed by atoms with Gasteiger partial charge in [0.05, 0.1) is 6.10 Å². The lowest BCUT2D eigenvalue weighted by Crippen LogP contribution is -2.32. The van der Waals surface area contributed by atoms with Crippen LogP contribution in [0.5, 0.6) is 5.75 Å². The lowest BCUT2D eigenvalue weighted by molar-refractivity contribution is -0.150. The molecule has 0 spiro atoms. The Morgan fingerprint density at radius 3 is 2.48 bits per heavy atom. The second-order valence-electron chi connectivity index (χ2n) is 7.96. The number of benzene rings is 1. The van der Waals surface area contributed by atoms with Crippen LogP contribution in [0.15, 0.2) is 18.2 Å². The third-order valence-corrected chi connectivity index (χ3v) is 5.68. The zero-order chi connectivity index (χ0) is 16.4. The molecule has 128 valence electrons. The highest BCUT2D eigenvalue weighted by Crippen LogP contribution is 2.39. The normalized spacial score (nSPS) is 26.3. The predicted octanol–water partition coefficient (Wildman–Crippen LogP) is 5.69. The van der Waals surface area contributed by atoms with Crippen LogP contribution in [-0.4, -0.2) is 12.4 Å². The first kappa shape index (κ1) is 16.8. The van der Waals surface area contributed by atoms with Crippen molar-refractivity contribution in [2.24, 2.45) is 11.8 Å². The minimum absolute atomic E-state index is 0.132. The van der Waals surface area contributed by atoms with E-state index in [0.29, 0.717) is 17.9 Å². The number of hydrogen-bond donors (Lipinski definition) is 0. The van der Waals surface area contributed by atoms with Gasteiger partial charge < -0.3 is 9.47 Å². The van der Waals surface area contributed by atoms with Gasteiger partial charge in [-0.25, -0.2) is 0 Å². The smallest absolute Gasteiger partial charge is 0.202 e. The summed E-state index contributed by atoms with van der Waals surface area (Å²) in [7, 11) is 0. The summed E-state index contributed by atoms with van der Waals surface area (Å²) >= 11 is 0. The molecule has 3 unspecified atom stereocenters. The summed E-state index contributed by atoms with van der Waals surface area (Å²) in [6, 6.07) is 6.64. The van der Waals surface area contributed by atoms with Crippen molar-refractivity contribution in [2.75, 3.05) is 0 Å². The van der Waals surface area contributed by atoms with Crippen LogP contribution < -0.4 is 4.74 Å². The van der Waals surface area contributed by atoms with E-state index in [4.69, 9.17) is 9.47 Å².